The van der Waals surface area contributed by atoms with Crippen LogP contribution in [0, 0.1) is 6.92 Å². The smallest absolute Gasteiger partial charge is 0.235 e. The van der Waals surface area contributed by atoms with E-state index in [4.69, 9.17) is 9.52 Å². The maximum atomic E-state index is 6.08. The summed E-state index contributed by atoms with van der Waals surface area (Å²) in [6.45, 7) is 2.05. The summed E-state index contributed by atoms with van der Waals surface area (Å²) in [6, 6.07) is 22.9. The molecule has 0 saturated carbocycles. The van der Waals surface area contributed by atoms with E-state index in [0.717, 1.165) is 38.7 Å². The number of rotatable bonds is 3. The van der Waals surface area contributed by atoms with Gasteiger partial charge in [0, 0.05) is 17.4 Å². The highest BCUT2D eigenvalue weighted by molar-refractivity contribution is 7.16. The van der Waals surface area contributed by atoms with Gasteiger partial charge in [0.2, 0.25) is 10.8 Å². The Balaban J connectivity index is 1.45. The van der Waals surface area contributed by atoms with Crippen molar-refractivity contribution in [1.82, 2.24) is 19.8 Å². The third kappa shape index (κ3) is 2.57. The Morgan fingerprint density at radius 3 is 2.59 bits per heavy atom. The average Bonchev–Trinajstić information content (AvgIpc) is 3.41. The normalized spacial score (nSPS) is 11.8. The van der Waals surface area contributed by atoms with Crippen LogP contribution in [0.3, 0.4) is 0 Å². The van der Waals surface area contributed by atoms with Gasteiger partial charge >= 0.3 is 0 Å². The summed E-state index contributed by atoms with van der Waals surface area (Å²) in [7, 11) is 0. The molecule has 0 amide bonds. The molecular formula is C23H16N4OS. The Hall–Kier alpha value is -3.51. The van der Waals surface area contributed by atoms with Gasteiger partial charge in [-0.1, -0.05) is 72.0 Å². The largest absolute Gasteiger partial charge is 0.452 e. The van der Waals surface area contributed by atoms with Crippen LogP contribution in [-0.2, 0) is 6.42 Å². The van der Waals surface area contributed by atoms with Crippen LogP contribution in [0.25, 0.3) is 38.3 Å². The van der Waals surface area contributed by atoms with E-state index in [2.05, 4.69) is 58.7 Å². The lowest BCUT2D eigenvalue weighted by Crippen LogP contribution is -1.94. The van der Waals surface area contributed by atoms with Crippen molar-refractivity contribution >= 4 is 38.0 Å². The Kier molecular flexibility index (Phi) is 3.55. The molecule has 3 aromatic carbocycles. The molecule has 0 atom stereocenters. The van der Waals surface area contributed by atoms with Crippen molar-refractivity contribution in [3.8, 4) is 11.6 Å². The number of para-hydroxylation sites is 1. The molecule has 0 N–H and O–H groups in total. The number of hydrogen-bond acceptors (Lipinski definition) is 5. The Bertz CT molecular complexity index is 1500. The molecule has 0 aliphatic carbocycles. The molecule has 0 aliphatic heterocycles. The molecule has 0 spiro atoms. The molecule has 3 heterocycles. The van der Waals surface area contributed by atoms with Gasteiger partial charge in [0.15, 0.2) is 5.76 Å². The van der Waals surface area contributed by atoms with Gasteiger partial charge < -0.3 is 4.42 Å². The molecule has 0 bridgehead atoms. The van der Waals surface area contributed by atoms with Crippen LogP contribution >= 0.6 is 11.3 Å². The molecule has 6 heteroatoms. The van der Waals surface area contributed by atoms with E-state index in [1.807, 2.05) is 25.1 Å². The highest BCUT2D eigenvalue weighted by Crippen LogP contribution is 2.33. The van der Waals surface area contributed by atoms with Crippen LogP contribution < -0.4 is 0 Å². The molecule has 0 fully saturated rings. The molecular weight excluding hydrogens is 380 g/mol. The summed E-state index contributed by atoms with van der Waals surface area (Å²) >= 11 is 1.57. The van der Waals surface area contributed by atoms with Crippen LogP contribution in [0.2, 0.25) is 0 Å². The fourth-order valence-corrected chi connectivity index (χ4v) is 4.72. The first kappa shape index (κ1) is 16.4. The third-order valence-corrected chi connectivity index (χ3v) is 6.20. The first-order valence-corrected chi connectivity index (χ1v) is 10.3. The number of nitrogens with zero attached hydrogens (tertiary/aromatic N) is 4. The van der Waals surface area contributed by atoms with Crippen molar-refractivity contribution in [1.29, 1.82) is 0 Å². The van der Waals surface area contributed by atoms with Crippen molar-refractivity contribution in [2.24, 2.45) is 0 Å². The number of hydrogen-bond donors (Lipinski definition) is 0. The molecule has 29 heavy (non-hydrogen) atoms. The van der Waals surface area contributed by atoms with E-state index in [0.29, 0.717) is 5.82 Å². The lowest BCUT2D eigenvalue weighted by Gasteiger charge is -2.04. The van der Waals surface area contributed by atoms with Crippen molar-refractivity contribution in [2.75, 3.05) is 0 Å². The van der Waals surface area contributed by atoms with Crippen LogP contribution in [0.5, 0.6) is 0 Å². The second-order valence-electron chi connectivity index (χ2n) is 7.08. The van der Waals surface area contributed by atoms with Crippen molar-refractivity contribution in [3.05, 3.63) is 82.9 Å². The summed E-state index contributed by atoms with van der Waals surface area (Å²) in [5.74, 6) is 1.37. The zero-order chi connectivity index (χ0) is 19.4. The van der Waals surface area contributed by atoms with Gasteiger partial charge in [0.1, 0.15) is 10.6 Å². The Morgan fingerprint density at radius 1 is 0.897 bits per heavy atom. The van der Waals surface area contributed by atoms with Gasteiger partial charge in [0.25, 0.3) is 0 Å². The van der Waals surface area contributed by atoms with E-state index in [1.54, 1.807) is 15.9 Å². The molecule has 3 aromatic heterocycles. The molecule has 6 aromatic rings. The molecule has 0 saturated heterocycles. The second kappa shape index (κ2) is 6.25. The Morgan fingerprint density at radius 2 is 1.69 bits per heavy atom. The maximum Gasteiger partial charge on any atom is 0.235 e. The molecule has 140 valence electrons. The van der Waals surface area contributed by atoms with Gasteiger partial charge in [-0.05, 0) is 29.3 Å². The monoisotopic (exact) mass is 396 g/mol. The molecule has 0 radical (unpaired) electrons. The summed E-state index contributed by atoms with van der Waals surface area (Å²) in [5.41, 5.74) is 3.16. The van der Waals surface area contributed by atoms with Gasteiger partial charge in [-0.25, -0.2) is 0 Å². The lowest BCUT2D eigenvalue weighted by molar-refractivity contribution is 0.619. The molecule has 6 rings (SSSR count). The zero-order valence-electron chi connectivity index (χ0n) is 15.7. The minimum atomic E-state index is 0.647. The summed E-state index contributed by atoms with van der Waals surface area (Å²) < 4.78 is 7.88. The Labute approximate surface area is 170 Å². The van der Waals surface area contributed by atoms with E-state index in [-0.39, 0.29) is 0 Å². The van der Waals surface area contributed by atoms with Crippen LogP contribution in [0.15, 0.2) is 71.1 Å². The highest BCUT2D eigenvalue weighted by atomic mass is 32.1. The third-order valence-electron chi connectivity index (χ3n) is 5.30. The fourth-order valence-electron chi connectivity index (χ4n) is 3.87. The van der Waals surface area contributed by atoms with E-state index in [1.165, 1.54) is 16.3 Å². The predicted molar refractivity (Wildman–Crippen MR) is 115 cm³/mol. The first-order valence-electron chi connectivity index (χ1n) is 9.44. The first-order chi connectivity index (χ1) is 14.3. The minimum absolute atomic E-state index is 0.647. The SMILES string of the molecule is Cc1c(-c2nnc3sc(Cc4cccc5ccccc45)nn23)oc2ccccc12. The number of aromatic nitrogens is 4. The summed E-state index contributed by atoms with van der Waals surface area (Å²) in [6.07, 6.45) is 0.758. The van der Waals surface area contributed by atoms with Gasteiger partial charge in [-0.15, -0.1) is 10.2 Å². The van der Waals surface area contributed by atoms with Crippen LogP contribution in [-0.4, -0.2) is 19.8 Å². The van der Waals surface area contributed by atoms with Gasteiger partial charge in [-0.3, -0.25) is 0 Å². The number of fused-ring (bicyclic) bond motifs is 3. The average molecular weight is 396 g/mol. The summed E-state index contributed by atoms with van der Waals surface area (Å²) in [5, 5.41) is 18.1. The molecule has 0 unspecified atom stereocenters. The van der Waals surface area contributed by atoms with E-state index < -0.39 is 0 Å². The van der Waals surface area contributed by atoms with Crippen molar-refractivity contribution < 1.29 is 4.42 Å². The van der Waals surface area contributed by atoms with Gasteiger partial charge in [0.05, 0.1) is 0 Å². The fraction of sp³-hybridized carbons (Fsp3) is 0.0870. The van der Waals surface area contributed by atoms with E-state index >= 15 is 0 Å². The standard InChI is InChI=1S/C23H16N4OS/c1-14-17-10-4-5-12-19(17)28-21(14)22-24-25-23-27(22)26-20(29-23)13-16-9-6-8-15-7-2-3-11-18(15)16/h2-12H,13H2,1H3. The lowest BCUT2D eigenvalue weighted by atomic mass is 10.0. The van der Waals surface area contributed by atoms with Crippen molar-refractivity contribution in [3.63, 3.8) is 0 Å². The second-order valence-corrected chi connectivity index (χ2v) is 8.12. The summed E-state index contributed by atoms with van der Waals surface area (Å²) in [4.78, 5) is 0.773. The van der Waals surface area contributed by atoms with Crippen LogP contribution in [0.4, 0.5) is 0 Å². The highest BCUT2D eigenvalue weighted by Gasteiger charge is 2.20. The van der Waals surface area contributed by atoms with E-state index in [9.17, 15) is 0 Å². The molecule has 5 nitrogen and oxygen atoms in total. The minimum Gasteiger partial charge on any atom is -0.452 e. The predicted octanol–water partition coefficient (Wildman–Crippen LogP) is 5.65. The zero-order valence-corrected chi connectivity index (χ0v) is 16.5. The quantitative estimate of drug-likeness (QED) is 0.388. The van der Waals surface area contributed by atoms with Gasteiger partial charge in [-0.2, -0.15) is 9.61 Å². The maximum absolute atomic E-state index is 6.08. The molecule has 0 aliphatic rings. The number of aryl methyl sites for hydroxylation is 1. The van der Waals surface area contributed by atoms with Crippen LogP contribution in [0.1, 0.15) is 16.1 Å². The van der Waals surface area contributed by atoms with Crippen molar-refractivity contribution in [2.45, 2.75) is 13.3 Å². The topological polar surface area (TPSA) is 56.2 Å². The number of furan rings is 1. The number of benzene rings is 3.